The number of rotatable bonds is 4. The molecule has 0 unspecified atom stereocenters. The number of carboxylic acids is 1. The van der Waals surface area contributed by atoms with Gasteiger partial charge in [-0.1, -0.05) is 17.7 Å². The number of methoxy groups -OCH3 is 1. The van der Waals surface area contributed by atoms with Crippen LogP contribution in [0.3, 0.4) is 0 Å². The van der Waals surface area contributed by atoms with E-state index in [2.05, 4.69) is 5.32 Å². The van der Waals surface area contributed by atoms with E-state index in [9.17, 15) is 9.59 Å². The van der Waals surface area contributed by atoms with Crippen molar-refractivity contribution in [3.8, 4) is 5.75 Å². The average molecular weight is 306 g/mol. The maximum absolute atomic E-state index is 12.2. The Hall–Kier alpha value is -2.53. The molecular weight excluding hydrogens is 294 g/mol. The first kappa shape index (κ1) is 14.9. The summed E-state index contributed by atoms with van der Waals surface area (Å²) in [6.45, 7) is 0. The predicted octanol–water partition coefficient (Wildman–Crippen LogP) is 3.30. The lowest BCUT2D eigenvalue weighted by molar-refractivity contribution is 0.0696. The highest BCUT2D eigenvalue weighted by Crippen LogP contribution is 2.24. The van der Waals surface area contributed by atoms with Gasteiger partial charge < -0.3 is 15.2 Å². The summed E-state index contributed by atoms with van der Waals surface area (Å²) in [6, 6.07) is 10.6. The van der Waals surface area contributed by atoms with Crippen molar-refractivity contribution in [3.63, 3.8) is 0 Å². The fraction of sp³-hybridized carbons (Fsp3) is 0.0667. The molecule has 0 spiro atoms. The van der Waals surface area contributed by atoms with Crippen molar-refractivity contribution < 1.29 is 19.4 Å². The molecule has 2 aromatic rings. The number of aromatic carboxylic acids is 1. The third-order valence-electron chi connectivity index (χ3n) is 2.77. The maximum Gasteiger partial charge on any atom is 0.335 e. The largest absolute Gasteiger partial charge is 0.496 e. The van der Waals surface area contributed by atoms with Gasteiger partial charge in [0.1, 0.15) is 5.75 Å². The van der Waals surface area contributed by atoms with Gasteiger partial charge in [0.25, 0.3) is 5.91 Å². The summed E-state index contributed by atoms with van der Waals surface area (Å²) in [5, 5.41) is 11.9. The maximum atomic E-state index is 12.2. The highest BCUT2D eigenvalue weighted by molar-refractivity contribution is 6.31. The third-order valence-corrected chi connectivity index (χ3v) is 3.01. The SMILES string of the molecule is COc1ccc(Cl)cc1C(=O)Nc1cccc(C(=O)O)c1. The molecule has 0 aliphatic carbocycles. The number of halogens is 1. The van der Waals surface area contributed by atoms with E-state index in [0.29, 0.717) is 16.5 Å². The zero-order valence-electron chi connectivity index (χ0n) is 11.1. The Morgan fingerprint density at radius 2 is 1.95 bits per heavy atom. The molecule has 108 valence electrons. The molecule has 5 nitrogen and oxygen atoms in total. The molecule has 2 N–H and O–H groups in total. The van der Waals surface area contributed by atoms with Gasteiger partial charge in [0.05, 0.1) is 18.2 Å². The lowest BCUT2D eigenvalue weighted by atomic mass is 10.1. The second kappa shape index (κ2) is 6.28. The summed E-state index contributed by atoms with van der Waals surface area (Å²) in [6.07, 6.45) is 0. The molecular formula is C15H12ClNO4. The molecule has 0 bridgehead atoms. The standard InChI is InChI=1S/C15H12ClNO4/c1-21-13-6-5-10(16)8-12(13)14(18)17-11-4-2-3-9(7-11)15(19)20/h2-8H,1H3,(H,17,18)(H,19,20). The molecule has 0 aliphatic rings. The third kappa shape index (κ3) is 3.52. The van der Waals surface area contributed by atoms with Crippen LogP contribution >= 0.6 is 11.6 Å². The van der Waals surface area contributed by atoms with Crippen LogP contribution in [0.5, 0.6) is 5.75 Å². The normalized spacial score (nSPS) is 10.0. The summed E-state index contributed by atoms with van der Waals surface area (Å²) in [5.74, 6) is -1.12. The highest BCUT2D eigenvalue weighted by atomic mass is 35.5. The van der Waals surface area contributed by atoms with Crippen LogP contribution in [-0.4, -0.2) is 24.1 Å². The number of nitrogens with one attached hydrogen (secondary N) is 1. The molecule has 0 fully saturated rings. The van der Waals surface area contributed by atoms with Crippen molar-refractivity contribution in [2.45, 2.75) is 0 Å². The molecule has 0 saturated carbocycles. The van der Waals surface area contributed by atoms with Crippen molar-refractivity contribution in [2.24, 2.45) is 0 Å². The smallest absolute Gasteiger partial charge is 0.335 e. The molecule has 6 heteroatoms. The van der Waals surface area contributed by atoms with Crippen LogP contribution < -0.4 is 10.1 Å². The highest BCUT2D eigenvalue weighted by Gasteiger charge is 2.14. The fourth-order valence-corrected chi connectivity index (χ4v) is 1.96. The van der Waals surface area contributed by atoms with Crippen LogP contribution in [0.2, 0.25) is 5.02 Å². The Bertz CT molecular complexity index is 700. The summed E-state index contributed by atoms with van der Waals surface area (Å²) in [7, 11) is 1.45. The van der Waals surface area contributed by atoms with Crippen molar-refractivity contribution in [1.29, 1.82) is 0 Å². The minimum Gasteiger partial charge on any atom is -0.496 e. The Kier molecular flexibility index (Phi) is 4.45. The molecule has 0 saturated heterocycles. The van der Waals surface area contributed by atoms with Gasteiger partial charge in [-0.05, 0) is 36.4 Å². The number of anilines is 1. The first-order chi connectivity index (χ1) is 10.0. The average Bonchev–Trinajstić information content (AvgIpc) is 2.47. The minimum absolute atomic E-state index is 0.0888. The van der Waals surface area contributed by atoms with Crippen molar-refractivity contribution in [1.82, 2.24) is 0 Å². The van der Waals surface area contributed by atoms with Gasteiger partial charge in [-0.2, -0.15) is 0 Å². The van der Waals surface area contributed by atoms with Gasteiger partial charge in [-0.25, -0.2) is 4.79 Å². The van der Waals surface area contributed by atoms with E-state index in [-0.39, 0.29) is 11.1 Å². The van der Waals surface area contributed by atoms with Crippen LogP contribution in [0.25, 0.3) is 0 Å². The number of carbonyl (C=O) groups is 2. The molecule has 1 amide bonds. The van der Waals surface area contributed by atoms with Crippen LogP contribution in [0.1, 0.15) is 20.7 Å². The van der Waals surface area contributed by atoms with E-state index in [0.717, 1.165) is 0 Å². The Morgan fingerprint density at radius 1 is 1.19 bits per heavy atom. The number of carboxylic acid groups (broad SMARTS) is 1. The van der Waals surface area contributed by atoms with Crippen LogP contribution in [0.4, 0.5) is 5.69 Å². The van der Waals surface area contributed by atoms with Gasteiger partial charge in [0.15, 0.2) is 0 Å². The van der Waals surface area contributed by atoms with E-state index in [1.54, 1.807) is 24.3 Å². The van der Waals surface area contributed by atoms with Gasteiger partial charge in [0, 0.05) is 10.7 Å². The number of carbonyl (C=O) groups excluding carboxylic acids is 1. The monoisotopic (exact) mass is 305 g/mol. The van der Waals surface area contributed by atoms with Gasteiger partial charge in [0.2, 0.25) is 0 Å². The zero-order valence-corrected chi connectivity index (χ0v) is 11.8. The lowest BCUT2D eigenvalue weighted by Crippen LogP contribution is -2.13. The van der Waals surface area contributed by atoms with E-state index in [1.807, 2.05) is 0 Å². The second-order valence-electron chi connectivity index (χ2n) is 4.18. The zero-order chi connectivity index (χ0) is 15.4. The molecule has 0 atom stereocenters. The number of benzene rings is 2. The number of ether oxygens (including phenoxy) is 1. The van der Waals surface area contributed by atoms with Gasteiger partial charge >= 0.3 is 5.97 Å². The van der Waals surface area contributed by atoms with E-state index < -0.39 is 11.9 Å². The molecule has 2 rings (SSSR count). The number of amides is 1. The molecule has 0 aromatic heterocycles. The summed E-state index contributed by atoms with van der Waals surface area (Å²) in [4.78, 5) is 23.1. The lowest BCUT2D eigenvalue weighted by Gasteiger charge is -2.10. The molecule has 2 aromatic carbocycles. The number of hydrogen-bond acceptors (Lipinski definition) is 3. The van der Waals surface area contributed by atoms with E-state index >= 15 is 0 Å². The van der Waals surface area contributed by atoms with E-state index in [4.69, 9.17) is 21.4 Å². The first-order valence-electron chi connectivity index (χ1n) is 5.99. The molecule has 0 radical (unpaired) electrons. The summed E-state index contributed by atoms with van der Waals surface area (Å²) >= 11 is 5.87. The van der Waals surface area contributed by atoms with Crippen molar-refractivity contribution >= 4 is 29.2 Å². The van der Waals surface area contributed by atoms with Crippen LogP contribution in [-0.2, 0) is 0 Å². The van der Waals surface area contributed by atoms with Gasteiger partial charge in [-0.15, -0.1) is 0 Å². The minimum atomic E-state index is -1.06. The second-order valence-corrected chi connectivity index (χ2v) is 4.62. The van der Waals surface area contributed by atoms with E-state index in [1.165, 1.54) is 25.3 Å². The Labute approximate surface area is 126 Å². The van der Waals surface area contributed by atoms with Crippen LogP contribution in [0, 0.1) is 0 Å². The van der Waals surface area contributed by atoms with Crippen LogP contribution in [0.15, 0.2) is 42.5 Å². The Balaban J connectivity index is 2.28. The Morgan fingerprint density at radius 3 is 2.62 bits per heavy atom. The predicted molar refractivity (Wildman–Crippen MR) is 79.4 cm³/mol. The summed E-state index contributed by atoms with van der Waals surface area (Å²) < 4.78 is 5.11. The number of hydrogen-bond donors (Lipinski definition) is 2. The first-order valence-corrected chi connectivity index (χ1v) is 6.37. The molecule has 0 heterocycles. The van der Waals surface area contributed by atoms with Gasteiger partial charge in [-0.3, -0.25) is 4.79 Å². The molecule has 0 aliphatic heterocycles. The van der Waals surface area contributed by atoms with Crippen molar-refractivity contribution in [2.75, 3.05) is 12.4 Å². The fourth-order valence-electron chi connectivity index (χ4n) is 1.79. The van der Waals surface area contributed by atoms with Crippen molar-refractivity contribution in [3.05, 3.63) is 58.6 Å². The quantitative estimate of drug-likeness (QED) is 0.908. The topological polar surface area (TPSA) is 75.6 Å². The summed E-state index contributed by atoms with van der Waals surface area (Å²) in [5.41, 5.74) is 0.735. The molecule has 21 heavy (non-hydrogen) atoms.